The standard InChI is InChI=1S/C21H23N3O2S2/c1-16-7-9-18(10-8-16)28(25,26)24-13-11-23(12-14-24)21-22-20(15-27-21)19-6-4-3-5-17(19)2/h3-10,15H,11-14H2,1-2H3. The zero-order valence-electron chi connectivity index (χ0n) is 16.0. The molecule has 3 aromatic rings. The number of sulfonamides is 1. The van der Waals surface area contributed by atoms with Gasteiger partial charge in [0.05, 0.1) is 10.6 Å². The highest BCUT2D eigenvalue weighted by Gasteiger charge is 2.29. The summed E-state index contributed by atoms with van der Waals surface area (Å²) in [4.78, 5) is 7.33. The van der Waals surface area contributed by atoms with E-state index in [1.165, 1.54) is 5.56 Å². The van der Waals surface area contributed by atoms with E-state index in [1.807, 2.05) is 31.2 Å². The maximum Gasteiger partial charge on any atom is 0.243 e. The van der Waals surface area contributed by atoms with Crippen molar-refractivity contribution < 1.29 is 8.42 Å². The lowest BCUT2D eigenvalue weighted by molar-refractivity contribution is 0.385. The lowest BCUT2D eigenvalue weighted by atomic mass is 10.1. The molecule has 0 aliphatic carbocycles. The van der Waals surface area contributed by atoms with Crippen LogP contribution in [-0.2, 0) is 10.0 Å². The Morgan fingerprint density at radius 3 is 2.29 bits per heavy atom. The van der Waals surface area contributed by atoms with Gasteiger partial charge in [0, 0.05) is 37.1 Å². The quantitative estimate of drug-likeness (QED) is 0.650. The SMILES string of the molecule is Cc1ccc(S(=O)(=O)N2CCN(c3nc(-c4ccccc4C)cs3)CC2)cc1. The second-order valence-corrected chi connectivity index (χ2v) is 9.81. The second kappa shape index (κ2) is 7.66. The number of aryl methyl sites for hydroxylation is 2. The van der Waals surface area contributed by atoms with Gasteiger partial charge < -0.3 is 4.90 Å². The molecule has 1 fully saturated rings. The van der Waals surface area contributed by atoms with Gasteiger partial charge in [-0.15, -0.1) is 11.3 Å². The fourth-order valence-corrected chi connectivity index (χ4v) is 5.67. The first-order valence-corrected chi connectivity index (χ1v) is 11.6. The van der Waals surface area contributed by atoms with Gasteiger partial charge in [-0.05, 0) is 31.5 Å². The summed E-state index contributed by atoms with van der Waals surface area (Å²) in [5.74, 6) is 0. The molecule has 0 saturated carbocycles. The summed E-state index contributed by atoms with van der Waals surface area (Å²) in [5, 5.41) is 3.03. The Hall–Kier alpha value is -2.22. The van der Waals surface area contributed by atoms with E-state index in [2.05, 4.69) is 29.3 Å². The Morgan fingerprint density at radius 1 is 0.929 bits per heavy atom. The predicted octanol–water partition coefficient (Wildman–Crippen LogP) is 3.94. The highest BCUT2D eigenvalue weighted by Crippen LogP contribution is 2.30. The molecule has 2 aromatic carbocycles. The van der Waals surface area contributed by atoms with Crippen molar-refractivity contribution in [2.45, 2.75) is 18.7 Å². The minimum atomic E-state index is -3.44. The monoisotopic (exact) mass is 413 g/mol. The first-order chi connectivity index (χ1) is 13.4. The summed E-state index contributed by atoms with van der Waals surface area (Å²) in [5.41, 5.74) is 4.38. The molecule has 0 unspecified atom stereocenters. The maximum absolute atomic E-state index is 12.9. The third-order valence-electron chi connectivity index (χ3n) is 5.08. The van der Waals surface area contributed by atoms with E-state index in [1.54, 1.807) is 27.8 Å². The van der Waals surface area contributed by atoms with Crippen LogP contribution in [0.5, 0.6) is 0 Å². The van der Waals surface area contributed by atoms with Crippen molar-refractivity contribution in [3.05, 3.63) is 65.0 Å². The lowest BCUT2D eigenvalue weighted by Crippen LogP contribution is -2.48. The first kappa shape index (κ1) is 19.1. The van der Waals surface area contributed by atoms with Gasteiger partial charge in [0.1, 0.15) is 0 Å². The summed E-state index contributed by atoms with van der Waals surface area (Å²) in [6.45, 7) is 6.26. The van der Waals surface area contributed by atoms with Crippen LogP contribution < -0.4 is 4.90 Å². The molecule has 7 heteroatoms. The number of thiazole rings is 1. The van der Waals surface area contributed by atoms with E-state index in [0.717, 1.165) is 22.0 Å². The van der Waals surface area contributed by atoms with Crippen LogP contribution in [0.3, 0.4) is 0 Å². The van der Waals surface area contributed by atoms with Crippen LogP contribution in [-0.4, -0.2) is 43.9 Å². The lowest BCUT2D eigenvalue weighted by Gasteiger charge is -2.33. The molecule has 1 aliphatic rings. The molecule has 0 spiro atoms. The Bertz CT molecular complexity index is 1070. The van der Waals surface area contributed by atoms with Crippen molar-refractivity contribution in [3.63, 3.8) is 0 Å². The largest absolute Gasteiger partial charge is 0.345 e. The van der Waals surface area contributed by atoms with Gasteiger partial charge in [-0.1, -0.05) is 42.0 Å². The van der Waals surface area contributed by atoms with E-state index in [-0.39, 0.29) is 0 Å². The van der Waals surface area contributed by atoms with Crippen molar-refractivity contribution in [1.29, 1.82) is 0 Å². The minimum Gasteiger partial charge on any atom is -0.345 e. The number of hydrogen-bond acceptors (Lipinski definition) is 5. The fourth-order valence-electron chi connectivity index (χ4n) is 3.37. The Kier molecular flexibility index (Phi) is 5.23. The second-order valence-electron chi connectivity index (χ2n) is 7.03. The summed E-state index contributed by atoms with van der Waals surface area (Å²) < 4.78 is 27.3. The molecular weight excluding hydrogens is 390 g/mol. The van der Waals surface area contributed by atoms with Gasteiger partial charge in [-0.2, -0.15) is 4.31 Å². The molecule has 0 amide bonds. The average Bonchev–Trinajstić information content (AvgIpc) is 3.19. The van der Waals surface area contributed by atoms with E-state index in [4.69, 9.17) is 4.98 Å². The van der Waals surface area contributed by atoms with Crippen molar-refractivity contribution in [3.8, 4) is 11.3 Å². The normalized spacial score (nSPS) is 15.7. The molecule has 2 heterocycles. The number of rotatable bonds is 4. The van der Waals surface area contributed by atoms with Crippen molar-refractivity contribution >= 4 is 26.5 Å². The number of aromatic nitrogens is 1. The smallest absolute Gasteiger partial charge is 0.243 e. The zero-order valence-corrected chi connectivity index (χ0v) is 17.6. The molecule has 1 aliphatic heterocycles. The highest BCUT2D eigenvalue weighted by molar-refractivity contribution is 7.89. The van der Waals surface area contributed by atoms with E-state index < -0.39 is 10.0 Å². The molecular formula is C21H23N3O2S2. The summed E-state index contributed by atoms with van der Waals surface area (Å²) in [7, 11) is -3.44. The minimum absolute atomic E-state index is 0.364. The Morgan fingerprint density at radius 2 is 1.61 bits per heavy atom. The summed E-state index contributed by atoms with van der Waals surface area (Å²) in [6.07, 6.45) is 0. The average molecular weight is 414 g/mol. The molecule has 0 atom stereocenters. The zero-order chi connectivity index (χ0) is 19.7. The van der Waals surface area contributed by atoms with Crippen LogP contribution in [0, 0.1) is 13.8 Å². The van der Waals surface area contributed by atoms with Crippen LogP contribution in [0.1, 0.15) is 11.1 Å². The fraction of sp³-hybridized carbons (Fsp3) is 0.286. The van der Waals surface area contributed by atoms with Gasteiger partial charge in [0.15, 0.2) is 5.13 Å². The van der Waals surface area contributed by atoms with Crippen LogP contribution in [0.15, 0.2) is 58.8 Å². The number of nitrogens with zero attached hydrogens (tertiary/aromatic N) is 3. The van der Waals surface area contributed by atoms with E-state index >= 15 is 0 Å². The number of piperazine rings is 1. The van der Waals surface area contributed by atoms with Crippen LogP contribution in [0.25, 0.3) is 11.3 Å². The maximum atomic E-state index is 12.9. The van der Waals surface area contributed by atoms with Gasteiger partial charge in [-0.25, -0.2) is 13.4 Å². The summed E-state index contributed by atoms with van der Waals surface area (Å²) >= 11 is 1.61. The molecule has 1 aromatic heterocycles. The topological polar surface area (TPSA) is 53.5 Å². The third kappa shape index (κ3) is 3.70. The number of benzene rings is 2. The molecule has 4 rings (SSSR count). The Balaban J connectivity index is 1.46. The van der Waals surface area contributed by atoms with Crippen molar-refractivity contribution in [2.75, 3.05) is 31.1 Å². The molecule has 5 nitrogen and oxygen atoms in total. The third-order valence-corrected chi connectivity index (χ3v) is 7.90. The highest BCUT2D eigenvalue weighted by atomic mass is 32.2. The molecule has 0 bridgehead atoms. The molecule has 28 heavy (non-hydrogen) atoms. The molecule has 0 N–H and O–H groups in total. The van der Waals surface area contributed by atoms with Gasteiger partial charge in [-0.3, -0.25) is 0 Å². The number of anilines is 1. The molecule has 146 valence electrons. The van der Waals surface area contributed by atoms with E-state index in [9.17, 15) is 8.42 Å². The van der Waals surface area contributed by atoms with Crippen molar-refractivity contribution in [2.24, 2.45) is 0 Å². The van der Waals surface area contributed by atoms with E-state index in [0.29, 0.717) is 31.1 Å². The van der Waals surface area contributed by atoms with Crippen molar-refractivity contribution in [1.82, 2.24) is 9.29 Å². The molecule has 1 saturated heterocycles. The predicted molar refractivity (Wildman–Crippen MR) is 114 cm³/mol. The van der Waals surface area contributed by atoms with Crippen LogP contribution in [0.2, 0.25) is 0 Å². The number of hydrogen-bond donors (Lipinski definition) is 0. The van der Waals surface area contributed by atoms with Gasteiger partial charge in [0.25, 0.3) is 0 Å². The molecule has 0 radical (unpaired) electrons. The Labute approximate surface area is 170 Å². The first-order valence-electron chi connectivity index (χ1n) is 9.28. The van der Waals surface area contributed by atoms with Crippen LogP contribution in [0.4, 0.5) is 5.13 Å². The van der Waals surface area contributed by atoms with Crippen LogP contribution >= 0.6 is 11.3 Å². The summed E-state index contributed by atoms with van der Waals surface area (Å²) in [6, 6.07) is 15.3. The van der Waals surface area contributed by atoms with Gasteiger partial charge >= 0.3 is 0 Å². The van der Waals surface area contributed by atoms with Gasteiger partial charge in [0.2, 0.25) is 10.0 Å².